The van der Waals surface area contributed by atoms with E-state index in [0.29, 0.717) is 0 Å². The molecular weight excluding hydrogens is 240 g/mol. The Hall–Kier alpha value is -1.04. The third kappa shape index (κ3) is 12.0. The molecule has 0 amide bonds. The predicted molar refractivity (Wildman–Crippen MR) is 94.1 cm³/mol. The van der Waals surface area contributed by atoms with Crippen LogP contribution in [0.5, 0.6) is 0 Å². The highest BCUT2D eigenvalue weighted by atomic mass is 14.0. The van der Waals surface area contributed by atoms with E-state index < -0.39 is 0 Å². The Kier molecular flexibility index (Phi) is 11.1. The lowest BCUT2D eigenvalue weighted by Gasteiger charge is -2.02. The minimum atomic E-state index is 1.18. The van der Waals surface area contributed by atoms with Crippen LogP contribution in [-0.4, -0.2) is 0 Å². The molecule has 0 nitrogen and oxygen atoms in total. The van der Waals surface area contributed by atoms with Crippen molar-refractivity contribution in [3.8, 4) is 0 Å². The summed E-state index contributed by atoms with van der Waals surface area (Å²) in [5, 5.41) is 0. The zero-order valence-corrected chi connectivity index (χ0v) is 14.6. The molecule has 0 aromatic rings. The lowest BCUT2D eigenvalue weighted by atomic mass is 10.0. The summed E-state index contributed by atoms with van der Waals surface area (Å²) in [5.41, 5.74) is 5.97. The summed E-state index contributed by atoms with van der Waals surface area (Å²) >= 11 is 0. The van der Waals surface area contributed by atoms with Gasteiger partial charge < -0.3 is 0 Å². The van der Waals surface area contributed by atoms with Crippen molar-refractivity contribution in [3.63, 3.8) is 0 Å². The summed E-state index contributed by atoms with van der Waals surface area (Å²) in [4.78, 5) is 0. The van der Waals surface area contributed by atoms with E-state index >= 15 is 0 Å². The molecule has 0 heteroatoms. The van der Waals surface area contributed by atoms with Crippen LogP contribution in [0.1, 0.15) is 80.1 Å². The molecule has 0 rings (SSSR count). The lowest BCUT2D eigenvalue weighted by molar-refractivity contribution is 0.899. The molecule has 0 aliphatic heterocycles. The fourth-order valence-electron chi connectivity index (χ4n) is 2.03. The minimum absolute atomic E-state index is 1.18. The van der Waals surface area contributed by atoms with Gasteiger partial charge in [0.25, 0.3) is 0 Å². The van der Waals surface area contributed by atoms with Crippen LogP contribution in [0.25, 0.3) is 0 Å². The van der Waals surface area contributed by atoms with Gasteiger partial charge in [0, 0.05) is 0 Å². The van der Waals surface area contributed by atoms with Gasteiger partial charge in [-0.15, -0.1) is 0 Å². The van der Waals surface area contributed by atoms with E-state index in [4.69, 9.17) is 0 Å². The maximum atomic E-state index is 2.41. The topological polar surface area (TPSA) is 0 Å². The van der Waals surface area contributed by atoms with E-state index in [1.54, 1.807) is 0 Å². The second-order valence-corrected chi connectivity index (χ2v) is 6.13. The highest BCUT2D eigenvalue weighted by molar-refractivity contribution is 5.06. The normalized spacial score (nSPS) is 13.6. The third-order valence-electron chi connectivity index (χ3n) is 3.65. The van der Waals surface area contributed by atoms with Gasteiger partial charge in [0.15, 0.2) is 0 Å². The van der Waals surface area contributed by atoms with Gasteiger partial charge in [0.1, 0.15) is 0 Å². The van der Waals surface area contributed by atoms with Crippen molar-refractivity contribution >= 4 is 0 Å². The first-order valence-corrected chi connectivity index (χ1v) is 8.02. The molecular formula is C20H34. The average Bonchev–Trinajstić information content (AvgIpc) is 2.38. The van der Waals surface area contributed by atoms with Crippen LogP contribution in [0, 0.1) is 0 Å². The molecule has 0 bridgehead atoms. The van der Waals surface area contributed by atoms with Gasteiger partial charge in [0.05, 0.1) is 0 Å². The number of rotatable bonds is 9. The Morgan fingerprint density at radius 1 is 0.600 bits per heavy atom. The first kappa shape index (κ1) is 19.0. The Balaban J connectivity index is 3.91. The molecule has 0 atom stereocenters. The molecule has 0 aromatic heterocycles. The molecule has 114 valence electrons. The molecule has 0 spiro atoms. The van der Waals surface area contributed by atoms with E-state index in [-0.39, 0.29) is 0 Å². The van der Waals surface area contributed by atoms with Gasteiger partial charge in [-0.25, -0.2) is 0 Å². The van der Waals surface area contributed by atoms with Crippen LogP contribution >= 0.6 is 0 Å². The Morgan fingerprint density at radius 3 is 1.40 bits per heavy atom. The van der Waals surface area contributed by atoms with Crippen LogP contribution in [0.15, 0.2) is 46.6 Å². The number of allylic oxidation sites excluding steroid dienone is 8. The van der Waals surface area contributed by atoms with Gasteiger partial charge >= 0.3 is 0 Å². The zero-order valence-electron chi connectivity index (χ0n) is 14.6. The summed E-state index contributed by atoms with van der Waals surface area (Å²) in [5.74, 6) is 0. The predicted octanol–water partition coefficient (Wildman–Crippen LogP) is 7.15. The highest BCUT2D eigenvalue weighted by Gasteiger charge is 1.92. The van der Waals surface area contributed by atoms with Crippen LogP contribution in [-0.2, 0) is 0 Å². The summed E-state index contributed by atoms with van der Waals surface area (Å²) < 4.78 is 0. The van der Waals surface area contributed by atoms with E-state index in [1.165, 1.54) is 60.8 Å². The average molecular weight is 274 g/mol. The molecule has 0 fully saturated rings. The molecule has 0 N–H and O–H groups in total. The van der Waals surface area contributed by atoms with Crippen molar-refractivity contribution in [2.45, 2.75) is 80.1 Å². The first-order chi connectivity index (χ1) is 9.45. The largest absolute Gasteiger partial charge is 0.0887 e. The van der Waals surface area contributed by atoms with Gasteiger partial charge in [-0.05, 0) is 80.1 Å². The Bertz CT molecular complexity index is 371. The van der Waals surface area contributed by atoms with Crippen LogP contribution in [0.4, 0.5) is 0 Å². The highest BCUT2D eigenvalue weighted by Crippen LogP contribution is 2.13. The molecule has 0 aliphatic carbocycles. The molecule has 0 saturated carbocycles. The maximum absolute atomic E-state index is 2.41. The smallest absolute Gasteiger partial charge is 0.0288 e. The minimum Gasteiger partial charge on any atom is -0.0887 e. The van der Waals surface area contributed by atoms with E-state index in [1.807, 2.05) is 0 Å². The third-order valence-corrected chi connectivity index (χ3v) is 3.65. The van der Waals surface area contributed by atoms with Crippen molar-refractivity contribution in [1.82, 2.24) is 0 Å². The molecule has 0 aliphatic rings. The van der Waals surface area contributed by atoms with Crippen molar-refractivity contribution in [2.75, 3.05) is 0 Å². The summed E-state index contributed by atoms with van der Waals surface area (Å²) in [6.45, 7) is 13.2. The van der Waals surface area contributed by atoms with Crippen LogP contribution < -0.4 is 0 Å². The summed E-state index contributed by atoms with van der Waals surface area (Å²) in [6.07, 6.45) is 16.5. The van der Waals surface area contributed by atoms with E-state index in [0.717, 1.165) is 0 Å². The second kappa shape index (κ2) is 11.8. The van der Waals surface area contributed by atoms with Crippen molar-refractivity contribution in [3.05, 3.63) is 46.6 Å². The number of hydrogen-bond donors (Lipinski definition) is 0. The van der Waals surface area contributed by atoms with Gasteiger partial charge in [-0.2, -0.15) is 0 Å². The maximum Gasteiger partial charge on any atom is -0.0288 e. The Labute approximate surface area is 127 Å². The quantitative estimate of drug-likeness (QED) is 0.391. The Morgan fingerprint density at radius 2 is 1.00 bits per heavy atom. The van der Waals surface area contributed by atoms with Crippen LogP contribution in [0.2, 0.25) is 0 Å². The van der Waals surface area contributed by atoms with E-state index in [2.05, 4.69) is 65.8 Å². The molecule has 0 heterocycles. The SMILES string of the molecule is C/C=C(\C)CCC=C(C)CC/C=C(\C)CCC=C(C)C. The fraction of sp³-hybridized carbons (Fsp3) is 0.600. The number of hydrogen-bond acceptors (Lipinski definition) is 0. The van der Waals surface area contributed by atoms with Crippen molar-refractivity contribution < 1.29 is 0 Å². The molecule has 0 saturated heterocycles. The second-order valence-electron chi connectivity index (χ2n) is 6.13. The first-order valence-electron chi connectivity index (χ1n) is 8.02. The molecule has 20 heavy (non-hydrogen) atoms. The molecule has 0 aromatic carbocycles. The van der Waals surface area contributed by atoms with Crippen molar-refractivity contribution in [1.29, 1.82) is 0 Å². The van der Waals surface area contributed by atoms with E-state index in [9.17, 15) is 0 Å². The van der Waals surface area contributed by atoms with Gasteiger partial charge in [-0.1, -0.05) is 46.6 Å². The fourth-order valence-corrected chi connectivity index (χ4v) is 2.03. The van der Waals surface area contributed by atoms with Crippen LogP contribution in [0.3, 0.4) is 0 Å². The monoisotopic (exact) mass is 274 g/mol. The van der Waals surface area contributed by atoms with Gasteiger partial charge in [0.2, 0.25) is 0 Å². The van der Waals surface area contributed by atoms with Crippen molar-refractivity contribution in [2.24, 2.45) is 0 Å². The lowest BCUT2D eigenvalue weighted by Crippen LogP contribution is -1.82. The zero-order chi connectivity index (χ0) is 15.4. The standard InChI is InChI=1S/C20H34/c1-7-18(4)12-9-14-20(6)16-10-15-19(5)13-8-11-17(2)3/h7,11,14-15H,8-10,12-13,16H2,1-6H3/b18-7+,19-15+,20-14?. The van der Waals surface area contributed by atoms with Gasteiger partial charge in [-0.3, -0.25) is 0 Å². The molecule has 0 radical (unpaired) electrons. The molecule has 0 unspecified atom stereocenters. The summed E-state index contributed by atoms with van der Waals surface area (Å²) in [6, 6.07) is 0. The summed E-state index contributed by atoms with van der Waals surface area (Å²) in [7, 11) is 0.